The third-order valence-corrected chi connectivity index (χ3v) is 6.98. The van der Waals surface area contributed by atoms with Crippen LogP contribution in [0.1, 0.15) is 42.7 Å². The lowest BCUT2D eigenvalue weighted by Crippen LogP contribution is -2.32. The van der Waals surface area contributed by atoms with Crippen LogP contribution < -0.4 is 0 Å². The molecule has 27 heavy (non-hydrogen) atoms. The van der Waals surface area contributed by atoms with Gasteiger partial charge in [-0.15, -0.1) is 0 Å². The molecule has 1 atom stereocenters. The quantitative estimate of drug-likeness (QED) is 0.689. The summed E-state index contributed by atoms with van der Waals surface area (Å²) in [5, 5.41) is 0.634. The summed E-state index contributed by atoms with van der Waals surface area (Å²) in [6.07, 6.45) is 0. The third-order valence-electron chi connectivity index (χ3n) is 4.68. The molecule has 1 unspecified atom stereocenters. The van der Waals surface area contributed by atoms with Crippen LogP contribution in [0.15, 0.2) is 53.4 Å². The van der Waals surface area contributed by atoms with Gasteiger partial charge in [0.25, 0.3) is 5.91 Å². The first kappa shape index (κ1) is 21.4. The van der Waals surface area contributed by atoms with Gasteiger partial charge in [-0.1, -0.05) is 43.6 Å². The zero-order valence-corrected chi connectivity index (χ0v) is 17.6. The van der Waals surface area contributed by atoms with Crippen molar-refractivity contribution in [1.29, 1.82) is 0 Å². The predicted molar refractivity (Wildman–Crippen MR) is 109 cm³/mol. The van der Waals surface area contributed by atoms with Crippen molar-refractivity contribution in [1.82, 2.24) is 9.21 Å². The van der Waals surface area contributed by atoms with Gasteiger partial charge in [0.15, 0.2) is 0 Å². The van der Waals surface area contributed by atoms with Crippen LogP contribution in [-0.2, 0) is 10.0 Å². The maximum atomic E-state index is 12.9. The van der Waals surface area contributed by atoms with Crippen molar-refractivity contribution in [3.05, 3.63) is 64.7 Å². The molecule has 2 aromatic rings. The summed E-state index contributed by atoms with van der Waals surface area (Å²) in [6.45, 7) is 6.25. The molecule has 2 aromatic carbocycles. The number of rotatable bonds is 7. The van der Waals surface area contributed by atoms with Gasteiger partial charge in [-0.2, -0.15) is 4.31 Å². The van der Waals surface area contributed by atoms with Gasteiger partial charge in [0.05, 0.1) is 10.9 Å². The Morgan fingerprint density at radius 1 is 1.07 bits per heavy atom. The first-order valence-electron chi connectivity index (χ1n) is 8.85. The number of hydrogen-bond donors (Lipinski definition) is 0. The lowest BCUT2D eigenvalue weighted by molar-refractivity contribution is 0.0742. The van der Waals surface area contributed by atoms with Gasteiger partial charge in [0.2, 0.25) is 10.0 Å². The molecule has 0 fully saturated rings. The van der Waals surface area contributed by atoms with Crippen LogP contribution in [-0.4, -0.2) is 43.7 Å². The van der Waals surface area contributed by atoms with E-state index < -0.39 is 10.0 Å². The molecular weight excluding hydrogens is 384 g/mol. The van der Waals surface area contributed by atoms with Crippen LogP contribution >= 0.6 is 11.6 Å². The van der Waals surface area contributed by atoms with E-state index in [9.17, 15) is 13.2 Å². The average Bonchev–Trinajstić information content (AvgIpc) is 2.67. The SMILES string of the molecule is CCN(CC)S(=O)(=O)c1cccc(C(=O)N(C)C(C)c2ccc(Cl)cc2)c1. The average molecular weight is 409 g/mol. The molecule has 2 rings (SSSR count). The molecule has 0 radical (unpaired) electrons. The second kappa shape index (κ2) is 8.87. The fraction of sp³-hybridized carbons (Fsp3) is 0.350. The summed E-state index contributed by atoms with van der Waals surface area (Å²) >= 11 is 5.92. The first-order valence-corrected chi connectivity index (χ1v) is 10.7. The number of benzene rings is 2. The van der Waals surface area contributed by atoms with Crippen molar-refractivity contribution in [2.45, 2.75) is 31.7 Å². The Morgan fingerprint density at radius 3 is 2.22 bits per heavy atom. The van der Waals surface area contributed by atoms with Gasteiger partial charge in [0.1, 0.15) is 0 Å². The summed E-state index contributed by atoms with van der Waals surface area (Å²) in [6, 6.07) is 13.3. The Kier molecular flexibility index (Phi) is 7.03. The van der Waals surface area contributed by atoms with Crippen molar-refractivity contribution < 1.29 is 13.2 Å². The van der Waals surface area contributed by atoms with E-state index in [1.807, 2.05) is 19.1 Å². The van der Waals surface area contributed by atoms with Gasteiger partial charge in [-0.05, 0) is 42.8 Å². The molecule has 5 nitrogen and oxygen atoms in total. The second-order valence-electron chi connectivity index (χ2n) is 6.26. The van der Waals surface area contributed by atoms with E-state index in [-0.39, 0.29) is 16.8 Å². The zero-order chi connectivity index (χ0) is 20.2. The summed E-state index contributed by atoms with van der Waals surface area (Å²) < 4.78 is 26.8. The van der Waals surface area contributed by atoms with Crippen molar-refractivity contribution in [3.63, 3.8) is 0 Å². The largest absolute Gasteiger partial charge is 0.335 e. The Labute approximate surface area is 166 Å². The van der Waals surface area contributed by atoms with Gasteiger partial charge >= 0.3 is 0 Å². The van der Waals surface area contributed by atoms with Crippen LogP contribution in [0.2, 0.25) is 5.02 Å². The van der Waals surface area contributed by atoms with Gasteiger partial charge in [-0.3, -0.25) is 4.79 Å². The van der Waals surface area contributed by atoms with Gasteiger partial charge in [-0.25, -0.2) is 8.42 Å². The summed E-state index contributed by atoms with van der Waals surface area (Å²) in [7, 11) is -1.91. The van der Waals surface area contributed by atoms with Gasteiger partial charge in [0, 0.05) is 30.7 Å². The van der Waals surface area contributed by atoms with Crippen molar-refractivity contribution in [3.8, 4) is 0 Å². The number of carbonyl (C=O) groups is 1. The molecule has 0 bridgehead atoms. The molecule has 0 saturated carbocycles. The highest BCUT2D eigenvalue weighted by Gasteiger charge is 2.24. The van der Waals surface area contributed by atoms with E-state index in [2.05, 4.69) is 0 Å². The molecule has 0 aromatic heterocycles. The Balaban J connectivity index is 2.30. The van der Waals surface area contributed by atoms with E-state index in [0.29, 0.717) is 23.7 Å². The minimum absolute atomic E-state index is 0.129. The number of carbonyl (C=O) groups excluding carboxylic acids is 1. The van der Waals surface area contributed by atoms with Crippen LogP contribution in [0, 0.1) is 0 Å². The highest BCUT2D eigenvalue weighted by molar-refractivity contribution is 7.89. The second-order valence-corrected chi connectivity index (χ2v) is 8.64. The zero-order valence-electron chi connectivity index (χ0n) is 16.0. The minimum atomic E-state index is -3.61. The van der Waals surface area contributed by atoms with Crippen molar-refractivity contribution >= 4 is 27.5 Å². The highest BCUT2D eigenvalue weighted by Crippen LogP contribution is 2.24. The predicted octanol–water partition coefficient (Wildman–Crippen LogP) is 4.20. The molecule has 0 saturated heterocycles. The topological polar surface area (TPSA) is 57.7 Å². The van der Waals surface area contributed by atoms with Crippen LogP contribution in [0.3, 0.4) is 0 Å². The Hall–Kier alpha value is -1.89. The molecule has 0 spiro atoms. The highest BCUT2D eigenvalue weighted by atomic mass is 35.5. The molecule has 0 aliphatic carbocycles. The lowest BCUT2D eigenvalue weighted by atomic mass is 10.1. The third kappa shape index (κ3) is 4.69. The molecule has 7 heteroatoms. The Morgan fingerprint density at radius 2 is 1.67 bits per heavy atom. The fourth-order valence-electron chi connectivity index (χ4n) is 2.85. The maximum Gasteiger partial charge on any atom is 0.254 e. The smallest absolute Gasteiger partial charge is 0.254 e. The molecule has 0 aliphatic rings. The minimum Gasteiger partial charge on any atom is -0.335 e. The fourth-order valence-corrected chi connectivity index (χ4v) is 4.48. The van der Waals surface area contributed by atoms with E-state index >= 15 is 0 Å². The van der Waals surface area contributed by atoms with Crippen LogP contribution in [0.25, 0.3) is 0 Å². The Bertz CT molecular complexity index is 894. The standard InChI is InChI=1S/C20H25ClN2O3S/c1-5-23(6-2)27(25,26)19-9-7-8-17(14-19)20(24)22(4)15(3)16-10-12-18(21)13-11-16/h7-15H,5-6H2,1-4H3. The molecule has 1 amide bonds. The van der Waals surface area contributed by atoms with E-state index in [4.69, 9.17) is 11.6 Å². The van der Waals surface area contributed by atoms with Crippen LogP contribution in [0.4, 0.5) is 0 Å². The molecule has 0 aliphatic heterocycles. The van der Waals surface area contributed by atoms with E-state index in [1.165, 1.54) is 16.4 Å². The molecule has 146 valence electrons. The van der Waals surface area contributed by atoms with E-state index in [0.717, 1.165) is 5.56 Å². The summed E-state index contributed by atoms with van der Waals surface area (Å²) in [4.78, 5) is 14.6. The molecule has 0 N–H and O–H groups in total. The number of hydrogen-bond acceptors (Lipinski definition) is 3. The number of halogens is 1. The van der Waals surface area contributed by atoms with Gasteiger partial charge < -0.3 is 4.90 Å². The van der Waals surface area contributed by atoms with E-state index in [1.54, 1.807) is 50.1 Å². The normalized spacial score (nSPS) is 12.8. The van der Waals surface area contributed by atoms with Crippen LogP contribution in [0.5, 0.6) is 0 Å². The summed E-state index contributed by atoms with van der Waals surface area (Å²) in [5.41, 5.74) is 1.29. The molecule has 0 heterocycles. The maximum absolute atomic E-state index is 12.9. The van der Waals surface area contributed by atoms with Crippen molar-refractivity contribution in [2.24, 2.45) is 0 Å². The lowest BCUT2D eigenvalue weighted by Gasteiger charge is -2.26. The van der Waals surface area contributed by atoms with Crippen molar-refractivity contribution in [2.75, 3.05) is 20.1 Å². The number of sulfonamides is 1. The number of amides is 1. The number of nitrogens with zero attached hydrogens (tertiary/aromatic N) is 2. The molecular formula is C20H25ClN2O3S. The monoisotopic (exact) mass is 408 g/mol. The summed E-state index contributed by atoms with van der Waals surface area (Å²) in [5.74, 6) is -0.242. The first-order chi connectivity index (χ1) is 12.7.